The van der Waals surface area contributed by atoms with Crippen molar-refractivity contribution in [3.8, 4) is 0 Å². The largest absolute Gasteiger partial charge is 0.373 e. The third-order valence-electron chi connectivity index (χ3n) is 4.14. The van der Waals surface area contributed by atoms with Gasteiger partial charge in [0.1, 0.15) is 23.7 Å². The molecule has 1 aliphatic rings. The van der Waals surface area contributed by atoms with Crippen molar-refractivity contribution in [3.63, 3.8) is 0 Å². The number of epoxide rings is 1. The number of ether oxygens (including phenoxy) is 1. The van der Waals surface area contributed by atoms with Crippen molar-refractivity contribution in [1.82, 2.24) is 0 Å². The van der Waals surface area contributed by atoms with Crippen molar-refractivity contribution in [3.05, 3.63) is 0 Å². The van der Waals surface area contributed by atoms with E-state index in [0.717, 1.165) is 0 Å². The number of rotatable bonds is 8. The molecule has 1 rings (SSSR count). The molecule has 32 heavy (non-hydrogen) atoms. The third-order valence-corrected chi connectivity index (χ3v) is 38.3. The van der Waals surface area contributed by atoms with Crippen molar-refractivity contribution in [2.45, 2.75) is 40.5 Å². The lowest BCUT2D eigenvalue weighted by Crippen LogP contribution is -2.71. The van der Waals surface area contributed by atoms with Gasteiger partial charge in [0.2, 0.25) is 0 Å². The van der Waals surface area contributed by atoms with Crippen molar-refractivity contribution >= 4 is 303 Å². The van der Waals surface area contributed by atoms with E-state index in [1.54, 1.807) is 0 Å². The molecule has 0 aliphatic carbocycles. The normalized spacial score (nSPS) is 20.5. The van der Waals surface area contributed by atoms with E-state index >= 15 is 0 Å². The summed E-state index contributed by atoms with van der Waals surface area (Å²) in [6.45, 7) is 0.715. The fourth-order valence-electron chi connectivity index (χ4n) is 2.15. The van der Waals surface area contributed by atoms with Crippen molar-refractivity contribution < 1.29 is 4.74 Å². The van der Waals surface area contributed by atoms with E-state index < -0.39 is 28.0 Å². The highest BCUT2D eigenvalue weighted by atomic mass is 80.0. The van der Waals surface area contributed by atoms with Gasteiger partial charge in [0.25, 0.3) is 0 Å². The van der Waals surface area contributed by atoms with E-state index in [2.05, 4.69) is 303 Å². The van der Waals surface area contributed by atoms with Crippen LogP contribution in [0.2, 0.25) is 0 Å². The van der Waals surface area contributed by atoms with Gasteiger partial charge in [0.05, 0.1) is 12.7 Å². The highest BCUT2D eigenvalue weighted by molar-refractivity contribution is 9.42. The van der Waals surface area contributed by atoms with Crippen LogP contribution in [0.3, 0.4) is 0 Å². The Morgan fingerprint density at radius 1 is 0.469 bits per heavy atom. The zero-order valence-electron chi connectivity index (χ0n) is 14.1. The molecule has 1 heterocycles. The molecule has 0 spiro atoms. The summed E-state index contributed by atoms with van der Waals surface area (Å²) >= 11 is 72.7. The molecular formula is C12H5Br19O. The molecule has 1 nitrogen and oxygen atoms in total. The molecule has 1 unspecified atom stereocenters. The van der Waals surface area contributed by atoms with Crippen LogP contribution in [0.25, 0.3) is 0 Å². The predicted octanol–water partition coefficient (Wildman–Crippen LogP) is 14.5. The van der Waals surface area contributed by atoms with Crippen LogP contribution in [0.5, 0.6) is 0 Å². The Balaban J connectivity index is 3.71. The summed E-state index contributed by atoms with van der Waals surface area (Å²) in [5, 5.41) is 0. The Hall–Kier alpha value is 9.08. The van der Waals surface area contributed by atoms with Crippen LogP contribution in [0.1, 0.15) is 6.42 Å². The number of hydrogen-bond donors (Lipinski definition) is 0. The van der Waals surface area contributed by atoms with Gasteiger partial charge in [-0.2, -0.15) is 0 Å². The maximum absolute atomic E-state index is 5.45. The van der Waals surface area contributed by atoms with Crippen LogP contribution >= 0.6 is 303 Å². The molecule has 0 N–H and O–H groups in total. The van der Waals surface area contributed by atoms with Gasteiger partial charge in [-0.3, -0.25) is 0 Å². The molecule has 1 saturated heterocycles. The first-order valence-electron chi connectivity index (χ1n) is 7.29. The first-order valence-corrected chi connectivity index (χ1v) is 22.4. The van der Waals surface area contributed by atoms with E-state index in [-0.39, 0.29) is 6.10 Å². The molecule has 192 valence electrons. The van der Waals surface area contributed by atoms with Crippen LogP contribution < -0.4 is 0 Å². The quantitative estimate of drug-likeness (QED) is 0.174. The van der Waals surface area contributed by atoms with E-state index in [4.69, 9.17) is 4.74 Å². The van der Waals surface area contributed by atoms with Crippen LogP contribution in [-0.4, -0.2) is 40.7 Å². The van der Waals surface area contributed by atoms with Crippen LogP contribution in [0, 0.1) is 0 Å². The Morgan fingerprint density at radius 3 is 1.03 bits per heavy atom. The van der Waals surface area contributed by atoms with Gasteiger partial charge in [-0.25, -0.2) is 0 Å². The molecule has 0 aromatic heterocycles. The third kappa shape index (κ3) is 7.14. The summed E-state index contributed by atoms with van der Waals surface area (Å²) < 4.78 is -2.93. The Labute approximate surface area is 346 Å². The fourth-order valence-corrected chi connectivity index (χ4v) is 24.1. The maximum Gasteiger partial charge on any atom is 0.155 e. The lowest BCUT2D eigenvalue weighted by atomic mass is 10.0. The van der Waals surface area contributed by atoms with E-state index in [1.165, 1.54) is 0 Å². The second-order valence-corrected chi connectivity index (χ2v) is 42.1. The minimum absolute atomic E-state index is 0.144. The smallest absolute Gasteiger partial charge is 0.155 e. The van der Waals surface area contributed by atoms with Crippen molar-refractivity contribution in [2.24, 2.45) is 0 Å². The lowest BCUT2D eigenvalue weighted by Gasteiger charge is -2.60. The zero-order chi connectivity index (χ0) is 26.2. The average Bonchev–Trinajstić information content (AvgIpc) is 3.33. The van der Waals surface area contributed by atoms with Gasteiger partial charge in [0.15, 0.2) is 4.29 Å². The molecule has 1 fully saturated rings. The Bertz CT molecular complexity index is 682. The molecule has 0 aromatic rings. The van der Waals surface area contributed by atoms with Crippen LogP contribution in [-0.2, 0) is 4.74 Å². The van der Waals surface area contributed by atoms with Gasteiger partial charge in [-0.1, -0.05) is 303 Å². The topological polar surface area (TPSA) is 12.5 Å². The van der Waals surface area contributed by atoms with Gasteiger partial charge in [-0.15, -0.1) is 0 Å². The standard InChI is InChI=1S/C12H5Br19O/c13-4(14,1-3-2-32-3)6(16,17)8(20,21)10(24,25)9(22,23)7(18,19)5(15,11(26,27)28)12(29,30)31/h3H,1-2H2. The summed E-state index contributed by atoms with van der Waals surface area (Å²) in [6.07, 6.45) is 0.817. The average molecular weight is 1680 g/mol. The lowest BCUT2D eigenvalue weighted by molar-refractivity contribution is 0.387. The molecule has 1 atom stereocenters. The predicted molar refractivity (Wildman–Crippen MR) is 209 cm³/mol. The van der Waals surface area contributed by atoms with E-state index in [9.17, 15) is 0 Å². The molecule has 1 aliphatic heterocycles. The van der Waals surface area contributed by atoms with Gasteiger partial charge in [0, 0.05) is 6.42 Å². The number of halogens is 19. The molecule has 0 radical (unpaired) electrons. The maximum atomic E-state index is 5.45. The summed E-state index contributed by atoms with van der Waals surface area (Å²) in [7, 11) is 0. The summed E-state index contributed by atoms with van der Waals surface area (Å²) in [5.74, 6) is 0. The van der Waals surface area contributed by atoms with Crippen LogP contribution in [0.4, 0.5) is 0 Å². The monoisotopic (exact) mass is 1660 g/mol. The van der Waals surface area contributed by atoms with Gasteiger partial charge < -0.3 is 4.74 Å². The van der Waals surface area contributed by atoms with Gasteiger partial charge in [-0.05, 0) is 0 Å². The van der Waals surface area contributed by atoms with E-state index in [0.29, 0.717) is 13.0 Å². The Kier molecular flexibility index (Phi) is 15.7. The summed E-state index contributed by atoms with van der Waals surface area (Å²) in [4.78, 5) is 0. The summed E-state index contributed by atoms with van der Waals surface area (Å²) in [5.41, 5.74) is 0. The highest BCUT2D eigenvalue weighted by Gasteiger charge is 2.80. The van der Waals surface area contributed by atoms with Crippen molar-refractivity contribution in [1.29, 1.82) is 0 Å². The molecular weight excluding hydrogens is 1680 g/mol. The highest BCUT2D eigenvalue weighted by Crippen LogP contribution is 2.80. The minimum atomic E-state index is -1.06. The second kappa shape index (κ2) is 12.8. The van der Waals surface area contributed by atoms with Gasteiger partial charge >= 0.3 is 0 Å². The fraction of sp³-hybridized carbons (Fsp3) is 1.00. The van der Waals surface area contributed by atoms with E-state index in [1.807, 2.05) is 0 Å². The van der Waals surface area contributed by atoms with Crippen LogP contribution in [0.15, 0.2) is 0 Å². The number of hydrogen-bond acceptors (Lipinski definition) is 1. The molecule has 0 bridgehead atoms. The molecule has 20 heteroatoms. The molecule has 0 aromatic carbocycles. The van der Waals surface area contributed by atoms with Crippen molar-refractivity contribution in [2.75, 3.05) is 6.61 Å². The SMILES string of the molecule is BrC(Br)(Br)C(Br)(C(Br)(Br)Br)C(Br)(Br)C(Br)(Br)C(Br)(Br)C(Br)(Br)C(Br)(Br)C(Br)(Br)CC1CO1. The first-order chi connectivity index (χ1) is 13.6. The summed E-state index contributed by atoms with van der Waals surface area (Å²) in [6, 6.07) is 0. The number of alkyl halides is 19. The Morgan fingerprint density at radius 2 is 0.750 bits per heavy atom. The minimum Gasteiger partial charge on any atom is -0.373 e. The second-order valence-electron chi connectivity index (χ2n) is 6.39. The first kappa shape index (κ1) is 39.1. The molecule has 0 amide bonds. The zero-order valence-corrected chi connectivity index (χ0v) is 44.2. The molecule has 0 saturated carbocycles.